The maximum atomic E-state index is 12.1. The molecule has 2 aromatic carbocycles. The van der Waals surface area contributed by atoms with E-state index in [0.717, 1.165) is 12.8 Å². The van der Waals surface area contributed by atoms with Gasteiger partial charge >= 0.3 is 0 Å². The van der Waals surface area contributed by atoms with Gasteiger partial charge in [-0.2, -0.15) is 0 Å². The SMILES string of the molecule is CCCCCCCOc1cccc(OCC(=O)Nc2cc([N+](=O)[O-])ccc2Br)c1. The van der Waals surface area contributed by atoms with Gasteiger partial charge in [0.05, 0.1) is 17.2 Å². The highest BCUT2D eigenvalue weighted by molar-refractivity contribution is 9.10. The van der Waals surface area contributed by atoms with Gasteiger partial charge in [0.25, 0.3) is 11.6 Å². The van der Waals surface area contributed by atoms with Crippen LogP contribution < -0.4 is 14.8 Å². The summed E-state index contributed by atoms with van der Waals surface area (Å²) >= 11 is 3.26. The van der Waals surface area contributed by atoms with Crippen LogP contribution in [0.5, 0.6) is 11.5 Å². The number of carbonyl (C=O) groups excluding carboxylic acids is 1. The van der Waals surface area contributed by atoms with E-state index in [-0.39, 0.29) is 12.3 Å². The maximum Gasteiger partial charge on any atom is 0.271 e. The van der Waals surface area contributed by atoms with Crippen molar-refractivity contribution in [1.82, 2.24) is 0 Å². The van der Waals surface area contributed by atoms with E-state index in [4.69, 9.17) is 9.47 Å². The van der Waals surface area contributed by atoms with E-state index in [1.54, 1.807) is 18.2 Å². The Balaban J connectivity index is 1.81. The maximum absolute atomic E-state index is 12.1. The minimum atomic E-state index is -0.520. The molecule has 0 unspecified atom stereocenters. The molecule has 1 N–H and O–H groups in total. The number of carbonyl (C=O) groups is 1. The lowest BCUT2D eigenvalue weighted by molar-refractivity contribution is -0.384. The molecule has 7 nitrogen and oxygen atoms in total. The van der Waals surface area contributed by atoms with Gasteiger partial charge in [-0.15, -0.1) is 0 Å². The van der Waals surface area contributed by atoms with Crippen molar-refractivity contribution in [3.8, 4) is 11.5 Å². The zero-order valence-electron chi connectivity index (χ0n) is 16.4. The average Bonchev–Trinajstić information content (AvgIpc) is 2.71. The molecule has 2 aromatic rings. The molecule has 0 heterocycles. The molecular weight excluding hydrogens is 440 g/mol. The minimum absolute atomic E-state index is 0.107. The Labute approximate surface area is 178 Å². The monoisotopic (exact) mass is 464 g/mol. The Morgan fingerprint density at radius 2 is 1.79 bits per heavy atom. The molecule has 29 heavy (non-hydrogen) atoms. The number of halogens is 1. The summed E-state index contributed by atoms with van der Waals surface area (Å²) in [6, 6.07) is 11.3. The first-order valence-electron chi connectivity index (χ1n) is 9.59. The smallest absolute Gasteiger partial charge is 0.271 e. The van der Waals surface area contributed by atoms with Crippen molar-refractivity contribution in [2.75, 3.05) is 18.5 Å². The molecule has 0 aliphatic rings. The number of benzene rings is 2. The third kappa shape index (κ3) is 8.11. The normalized spacial score (nSPS) is 10.4. The Bertz CT molecular complexity index is 828. The van der Waals surface area contributed by atoms with Gasteiger partial charge in [0, 0.05) is 22.7 Å². The number of hydrogen-bond donors (Lipinski definition) is 1. The molecular formula is C21H25BrN2O5. The third-order valence-corrected chi connectivity index (χ3v) is 4.82. The van der Waals surface area contributed by atoms with Crippen LogP contribution in [0.15, 0.2) is 46.9 Å². The number of hydrogen-bond acceptors (Lipinski definition) is 5. The van der Waals surface area contributed by atoms with Crippen LogP contribution in [0.1, 0.15) is 39.0 Å². The summed E-state index contributed by atoms with van der Waals surface area (Å²) in [7, 11) is 0. The molecule has 0 aliphatic carbocycles. The fourth-order valence-electron chi connectivity index (χ4n) is 2.61. The first kappa shape index (κ1) is 22.7. The predicted octanol–water partition coefficient (Wildman–Crippen LogP) is 5.72. The van der Waals surface area contributed by atoms with Gasteiger partial charge in [0.2, 0.25) is 0 Å². The van der Waals surface area contributed by atoms with Crippen LogP contribution in [0.2, 0.25) is 0 Å². The third-order valence-electron chi connectivity index (χ3n) is 4.13. The quantitative estimate of drug-likeness (QED) is 0.246. The van der Waals surface area contributed by atoms with E-state index >= 15 is 0 Å². The largest absolute Gasteiger partial charge is 0.493 e. The van der Waals surface area contributed by atoms with Gasteiger partial charge in [0.1, 0.15) is 11.5 Å². The first-order chi connectivity index (χ1) is 14.0. The van der Waals surface area contributed by atoms with Crippen LogP contribution in [0.25, 0.3) is 0 Å². The summed E-state index contributed by atoms with van der Waals surface area (Å²) in [5, 5.41) is 13.5. The van der Waals surface area contributed by atoms with Crippen LogP contribution in [-0.2, 0) is 4.79 Å². The van der Waals surface area contributed by atoms with E-state index in [2.05, 4.69) is 28.2 Å². The molecule has 0 saturated carbocycles. The molecule has 0 aromatic heterocycles. The zero-order chi connectivity index (χ0) is 21.1. The van der Waals surface area contributed by atoms with Crippen molar-refractivity contribution in [3.05, 3.63) is 57.1 Å². The second-order valence-electron chi connectivity index (χ2n) is 6.50. The van der Waals surface area contributed by atoms with Crippen LogP contribution in [-0.4, -0.2) is 24.0 Å². The average molecular weight is 465 g/mol. The van der Waals surface area contributed by atoms with E-state index in [1.807, 2.05) is 6.07 Å². The predicted molar refractivity (Wildman–Crippen MR) is 116 cm³/mol. The molecule has 0 aliphatic heterocycles. The Hall–Kier alpha value is -2.61. The summed E-state index contributed by atoms with van der Waals surface area (Å²) < 4.78 is 11.8. The standard InChI is InChI=1S/C21H25BrN2O5/c1-2-3-4-5-6-12-28-17-8-7-9-18(14-17)29-15-21(25)23-20-13-16(24(26)27)10-11-19(20)22/h7-11,13-14H,2-6,12,15H2,1H3,(H,23,25). The van der Waals surface area contributed by atoms with Gasteiger partial charge < -0.3 is 14.8 Å². The molecule has 2 rings (SSSR count). The molecule has 0 fully saturated rings. The lowest BCUT2D eigenvalue weighted by Gasteiger charge is -2.10. The number of anilines is 1. The van der Waals surface area contributed by atoms with Crippen LogP contribution in [0.3, 0.4) is 0 Å². The topological polar surface area (TPSA) is 90.7 Å². The van der Waals surface area contributed by atoms with Gasteiger partial charge in [0.15, 0.2) is 6.61 Å². The van der Waals surface area contributed by atoms with Gasteiger partial charge in [-0.05, 0) is 40.5 Å². The highest BCUT2D eigenvalue weighted by Gasteiger charge is 2.12. The number of rotatable bonds is 12. The van der Waals surface area contributed by atoms with Crippen LogP contribution >= 0.6 is 15.9 Å². The summed E-state index contributed by atoms with van der Waals surface area (Å²) in [5.74, 6) is 0.787. The highest BCUT2D eigenvalue weighted by Crippen LogP contribution is 2.27. The van der Waals surface area contributed by atoms with Crippen LogP contribution in [0.4, 0.5) is 11.4 Å². The zero-order valence-corrected chi connectivity index (χ0v) is 17.9. The molecule has 0 saturated heterocycles. The number of unbranched alkanes of at least 4 members (excludes halogenated alkanes) is 4. The summed E-state index contributed by atoms with van der Waals surface area (Å²) in [6.45, 7) is 2.61. The lowest BCUT2D eigenvalue weighted by atomic mass is 10.2. The first-order valence-corrected chi connectivity index (χ1v) is 10.4. The molecule has 8 heteroatoms. The fraction of sp³-hybridized carbons (Fsp3) is 0.381. The van der Waals surface area contributed by atoms with Crippen molar-refractivity contribution in [3.63, 3.8) is 0 Å². The molecule has 0 atom stereocenters. The number of nitrogens with one attached hydrogen (secondary N) is 1. The van der Waals surface area contributed by atoms with Crippen molar-refractivity contribution in [1.29, 1.82) is 0 Å². The van der Waals surface area contributed by atoms with Crippen LogP contribution in [0, 0.1) is 10.1 Å². The van der Waals surface area contributed by atoms with Crippen molar-refractivity contribution < 1.29 is 19.2 Å². The van der Waals surface area contributed by atoms with Crippen molar-refractivity contribution in [2.24, 2.45) is 0 Å². The Kier molecular flexibility index (Phi) is 9.43. The highest BCUT2D eigenvalue weighted by atomic mass is 79.9. The van der Waals surface area contributed by atoms with E-state index in [9.17, 15) is 14.9 Å². The summed E-state index contributed by atoms with van der Waals surface area (Å²) in [6.07, 6.45) is 5.84. The van der Waals surface area contributed by atoms with Gasteiger partial charge in [-0.3, -0.25) is 14.9 Å². The number of non-ortho nitro benzene ring substituents is 1. The minimum Gasteiger partial charge on any atom is -0.493 e. The fourth-order valence-corrected chi connectivity index (χ4v) is 2.95. The van der Waals surface area contributed by atoms with Gasteiger partial charge in [-0.25, -0.2) is 0 Å². The summed E-state index contributed by atoms with van der Waals surface area (Å²) in [4.78, 5) is 22.5. The molecule has 156 valence electrons. The number of amides is 1. The molecule has 0 spiro atoms. The van der Waals surface area contributed by atoms with E-state index in [1.165, 1.54) is 37.5 Å². The Morgan fingerprint density at radius 3 is 2.52 bits per heavy atom. The van der Waals surface area contributed by atoms with Gasteiger partial charge in [-0.1, -0.05) is 38.7 Å². The van der Waals surface area contributed by atoms with E-state index < -0.39 is 10.8 Å². The number of nitro benzene ring substituents is 1. The van der Waals surface area contributed by atoms with E-state index in [0.29, 0.717) is 28.3 Å². The molecule has 0 radical (unpaired) electrons. The molecule has 1 amide bonds. The van der Waals surface area contributed by atoms with Crippen molar-refractivity contribution in [2.45, 2.75) is 39.0 Å². The number of nitrogens with zero attached hydrogens (tertiary/aromatic N) is 1. The number of ether oxygens (including phenoxy) is 2. The lowest BCUT2D eigenvalue weighted by Crippen LogP contribution is -2.20. The van der Waals surface area contributed by atoms with Crippen molar-refractivity contribution >= 4 is 33.2 Å². The summed E-state index contributed by atoms with van der Waals surface area (Å²) in [5.41, 5.74) is 0.205. The Morgan fingerprint density at radius 1 is 1.07 bits per heavy atom. The second kappa shape index (κ2) is 12.1. The number of nitro groups is 1. The molecule has 0 bridgehead atoms. The second-order valence-corrected chi connectivity index (χ2v) is 7.35.